The van der Waals surface area contributed by atoms with Gasteiger partial charge in [0, 0.05) is 12.1 Å². The number of anilines is 1. The Bertz CT molecular complexity index is 635. The van der Waals surface area contributed by atoms with E-state index in [9.17, 15) is 4.39 Å². The van der Waals surface area contributed by atoms with E-state index in [4.69, 9.17) is 27.9 Å². The smallest absolute Gasteiger partial charge is 0.165 e. The fourth-order valence-corrected chi connectivity index (χ4v) is 2.31. The molecule has 20 heavy (non-hydrogen) atoms. The van der Waals surface area contributed by atoms with E-state index < -0.39 is 5.82 Å². The Hall–Kier alpha value is -1.52. The van der Waals surface area contributed by atoms with Crippen molar-refractivity contribution in [3.05, 3.63) is 40.1 Å². The first-order chi connectivity index (χ1) is 9.56. The summed E-state index contributed by atoms with van der Waals surface area (Å²) in [6.45, 7) is 2.60. The number of benzene rings is 1. The molecule has 0 aliphatic heterocycles. The highest BCUT2D eigenvalue weighted by Gasteiger charge is 2.13. The molecule has 2 rings (SSSR count). The van der Waals surface area contributed by atoms with Crippen LogP contribution < -0.4 is 10.1 Å². The minimum absolute atomic E-state index is 0.172. The van der Waals surface area contributed by atoms with Crippen molar-refractivity contribution in [2.24, 2.45) is 0 Å². The SMILES string of the molecule is CCNc1nc(-c2ccc(OC)c(F)c2)c(Cl)cc1Cl. The molecule has 3 nitrogen and oxygen atoms in total. The van der Waals surface area contributed by atoms with Crippen molar-refractivity contribution in [2.45, 2.75) is 6.92 Å². The Morgan fingerprint density at radius 3 is 2.60 bits per heavy atom. The molecule has 0 saturated heterocycles. The van der Waals surface area contributed by atoms with E-state index >= 15 is 0 Å². The van der Waals surface area contributed by atoms with Crippen LogP contribution in [0, 0.1) is 5.82 Å². The van der Waals surface area contributed by atoms with Gasteiger partial charge in [0.1, 0.15) is 5.82 Å². The van der Waals surface area contributed by atoms with Crippen LogP contribution in [-0.2, 0) is 0 Å². The molecule has 0 saturated carbocycles. The van der Waals surface area contributed by atoms with Gasteiger partial charge in [-0.25, -0.2) is 9.37 Å². The molecular weight excluding hydrogens is 302 g/mol. The van der Waals surface area contributed by atoms with Crippen molar-refractivity contribution in [3.8, 4) is 17.0 Å². The summed E-state index contributed by atoms with van der Waals surface area (Å²) in [6, 6.07) is 6.15. The fraction of sp³-hybridized carbons (Fsp3) is 0.214. The monoisotopic (exact) mass is 314 g/mol. The number of nitrogens with one attached hydrogen (secondary N) is 1. The molecule has 1 aromatic heterocycles. The number of aromatic nitrogens is 1. The van der Waals surface area contributed by atoms with Crippen molar-refractivity contribution >= 4 is 29.0 Å². The lowest BCUT2D eigenvalue weighted by molar-refractivity contribution is 0.386. The minimum atomic E-state index is -0.470. The molecule has 1 aromatic carbocycles. The molecule has 0 atom stereocenters. The number of methoxy groups -OCH3 is 1. The first-order valence-electron chi connectivity index (χ1n) is 6.00. The van der Waals surface area contributed by atoms with Crippen LogP contribution in [0.4, 0.5) is 10.2 Å². The molecule has 2 aromatic rings. The van der Waals surface area contributed by atoms with Crippen LogP contribution in [0.1, 0.15) is 6.92 Å². The van der Waals surface area contributed by atoms with Crippen LogP contribution in [0.15, 0.2) is 24.3 Å². The van der Waals surface area contributed by atoms with Gasteiger partial charge in [0.15, 0.2) is 11.6 Å². The second-order valence-corrected chi connectivity index (χ2v) is 4.84. The van der Waals surface area contributed by atoms with Gasteiger partial charge in [-0.05, 0) is 31.2 Å². The standard InChI is InChI=1S/C14H13Cl2FN2O/c1-3-18-14-10(16)7-9(15)13(19-14)8-4-5-12(20-2)11(17)6-8/h4-7H,3H2,1-2H3,(H,18,19). The molecule has 0 fully saturated rings. The van der Waals surface area contributed by atoms with Crippen molar-refractivity contribution in [1.82, 2.24) is 4.98 Å². The van der Waals surface area contributed by atoms with E-state index in [2.05, 4.69) is 10.3 Å². The highest BCUT2D eigenvalue weighted by Crippen LogP contribution is 2.33. The van der Waals surface area contributed by atoms with E-state index in [1.54, 1.807) is 12.1 Å². The van der Waals surface area contributed by atoms with Gasteiger partial charge in [0.05, 0.1) is 22.8 Å². The molecule has 1 N–H and O–H groups in total. The van der Waals surface area contributed by atoms with Gasteiger partial charge in [-0.2, -0.15) is 0 Å². The molecule has 0 bridgehead atoms. The number of hydrogen-bond acceptors (Lipinski definition) is 3. The normalized spacial score (nSPS) is 10.4. The summed E-state index contributed by atoms with van der Waals surface area (Å²) < 4.78 is 18.6. The maximum absolute atomic E-state index is 13.8. The van der Waals surface area contributed by atoms with Gasteiger partial charge in [-0.15, -0.1) is 0 Å². The average Bonchev–Trinajstić information content (AvgIpc) is 2.42. The van der Waals surface area contributed by atoms with Crippen LogP contribution >= 0.6 is 23.2 Å². The zero-order valence-corrected chi connectivity index (χ0v) is 12.5. The third-order valence-corrected chi connectivity index (χ3v) is 3.28. The van der Waals surface area contributed by atoms with Crippen molar-refractivity contribution < 1.29 is 9.13 Å². The highest BCUT2D eigenvalue weighted by molar-refractivity contribution is 6.37. The van der Waals surface area contributed by atoms with Gasteiger partial charge in [0.2, 0.25) is 0 Å². The van der Waals surface area contributed by atoms with Crippen LogP contribution in [0.2, 0.25) is 10.0 Å². The zero-order valence-electron chi connectivity index (χ0n) is 11.0. The molecule has 6 heteroatoms. The Kier molecular flexibility index (Phi) is 4.68. The van der Waals surface area contributed by atoms with Gasteiger partial charge in [-0.1, -0.05) is 23.2 Å². The molecular formula is C14H13Cl2FN2O. The number of hydrogen-bond donors (Lipinski definition) is 1. The summed E-state index contributed by atoms with van der Waals surface area (Å²) in [5.41, 5.74) is 1.03. The number of rotatable bonds is 4. The molecule has 0 unspecified atom stereocenters. The van der Waals surface area contributed by atoms with E-state index in [0.29, 0.717) is 33.7 Å². The minimum Gasteiger partial charge on any atom is -0.494 e. The summed E-state index contributed by atoms with van der Waals surface area (Å²) in [6.07, 6.45) is 0. The summed E-state index contributed by atoms with van der Waals surface area (Å²) >= 11 is 12.2. The second kappa shape index (κ2) is 6.29. The molecule has 0 amide bonds. The van der Waals surface area contributed by atoms with Crippen LogP contribution in [-0.4, -0.2) is 18.6 Å². The maximum atomic E-state index is 13.8. The summed E-state index contributed by atoms with van der Waals surface area (Å²) in [7, 11) is 1.41. The largest absolute Gasteiger partial charge is 0.494 e. The van der Waals surface area contributed by atoms with E-state index in [1.807, 2.05) is 6.92 Å². The van der Waals surface area contributed by atoms with Crippen LogP contribution in [0.3, 0.4) is 0 Å². The van der Waals surface area contributed by atoms with Crippen LogP contribution in [0.25, 0.3) is 11.3 Å². The summed E-state index contributed by atoms with van der Waals surface area (Å²) in [5.74, 6) is 0.221. The molecule has 0 aliphatic rings. The summed E-state index contributed by atoms with van der Waals surface area (Å²) in [5, 5.41) is 3.82. The second-order valence-electron chi connectivity index (χ2n) is 4.03. The topological polar surface area (TPSA) is 34.2 Å². The predicted octanol–water partition coefficient (Wildman–Crippen LogP) is 4.63. The zero-order chi connectivity index (χ0) is 14.7. The Morgan fingerprint density at radius 2 is 2.00 bits per heavy atom. The third-order valence-electron chi connectivity index (χ3n) is 2.70. The fourth-order valence-electron chi connectivity index (χ4n) is 1.77. The quantitative estimate of drug-likeness (QED) is 0.893. The third kappa shape index (κ3) is 2.97. The first-order valence-corrected chi connectivity index (χ1v) is 6.76. The average molecular weight is 315 g/mol. The highest BCUT2D eigenvalue weighted by atomic mass is 35.5. The van der Waals surface area contributed by atoms with Crippen molar-refractivity contribution in [3.63, 3.8) is 0 Å². The number of pyridine rings is 1. The van der Waals surface area contributed by atoms with Gasteiger partial charge in [0.25, 0.3) is 0 Å². The predicted molar refractivity (Wildman–Crippen MR) is 80.4 cm³/mol. The molecule has 0 spiro atoms. The van der Waals surface area contributed by atoms with Gasteiger partial charge in [-0.3, -0.25) is 0 Å². The van der Waals surface area contributed by atoms with E-state index in [1.165, 1.54) is 19.2 Å². The van der Waals surface area contributed by atoms with Gasteiger partial charge < -0.3 is 10.1 Å². The lowest BCUT2D eigenvalue weighted by atomic mass is 10.1. The Balaban J connectivity index is 2.51. The van der Waals surface area contributed by atoms with Crippen molar-refractivity contribution in [1.29, 1.82) is 0 Å². The maximum Gasteiger partial charge on any atom is 0.165 e. The Morgan fingerprint density at radius 1 is 1.25 bits per heavy atom. The number of halogens is 3. The molecule has 106 valence electrons. The van der Waals surface area contributed by atoms with E-state index in [-0.39, 0.29) is 5.75 Å². The summed E-state index contributed by atoms with van der Waals surface area (Å²) in [4.78, 5) is 4.35. The Labute approximate surface area is 126 Å². The van der Waals surface area contributed by atoms with E-state index in [0.717, 1.165) is 0 Å². The van der Waals surface area contributed by atoms with Gasteiger partial charge >= 0.3 is 0 Å². The molecule has 1 heterocycles. The first kappa shape index (κ1) is 14.9. The van der Waals surface area contributed by atoms with Crippen LogP contribution in [0.5, 0.6) is 5.75 Å². The number of nitrogens with zero attached hydrogens (tertiary/aromatic N) is 1. The molecule has 0 radical (unpaired) electrons. The van der Waals surface area contributed by atoms with Crippen molar-refractivity contribution in [2.75, 3.05) is 19.0 Å². The lowest BCUT2D eigenvalue weighted by Crippen LogP contribution is -2.01. The molecule has 0 aliphatic carbocycles. The lowest BCUT2D eigenvalue weighted by Gasteiger charge is -2.11. The number of ether oxygens (including phenoxy) is 1.